The number of rotatable bonds is 6. The third-order valence-corrected chi connectivity index (χ3v) is 5.63. The number of benzene rings is 2. The molecule has 188 valence electrons. The standard InChI is InChI=1S/C24H22ClF3N6O2/c1-23(2,22-31-30-20(34(22)4)15-7-5-6-8-17(15)24(26,27)28)36-18-10-9-14(25)13-16(18)21(35)29-19-11-12-33(3)32-19/h5-13H,1-4H3,(H,29,32,35). The summed E-state index contributed by atoms with van der Waals surface area (Å²) in [4.78, 5) is 13.0. The Balaban J connectivity index is 1.67. The Morgan fingerprint density at radius 1 is 1.06 bits per heavy atom. The molecule has 0 radical (unpaired) electrons. The van der Waals surface area contributed by atoms with E-state index in [2.05, 4.69) is 20.6 Å². The van der Waals surface area contributed by atoms with Gasteiger partial charge in [-0.15, -0.1) is 10.2 Å². The smallest absolute Gasteiger partial charge is 0.417 e. The number of carbonyl (C=O) groups is 1. The van der Waals surface area contributed by atoms with E-state index in [1.165, 1.54) is 39.6 Å². The second-order valence-corrected chi connectivity index (χ2v) is 8.97. The van der Waals surface area contributed by atoms with Crippen LogP contribution in [0.4, 0.5) is 19.0 Å². The van der Waals surface area contributed by atoms with Gasteiger partial charge in [0, 0.05) is 36.9 Å². The van der Waals surface area contributed by atoms with Gasteiger partial charge in [0.2, 0.25) is 0 Å². The van der Waals surface area contributed by atoms with E-state index in [-0.39, 0.29) is 28.5 Å². The highest BCUT2D eigenvalue weighted by Gasteiger charge is 2.36. The Morgan fingerprint density at radius 3 is 2.44 bits per heavy atom. The number of ether oxygens (including phenoxy) is 1. The fraction of sp³-hybridized carbons (Fsp3) is 0.250. The predicted molar refractivity (Wildman–Crippen MR) is 128 cm³/mol. The Morgan fingerprint density at radius 2 is 1.78 bits per heavy atom. The molecule has 1 amide bonds. The summed E-state index contributed by atoms with van der Waals surface area (Å²) in [6.45, 7) is 3.34. The summed E-state index contributed by atoms with van der Waals surface area (Å²) in [6, 6.07) is 11.3. The van der Waals surface area contributed by atoms with Crippen molar-refractivity contribution in [2.75, 3.05) is 5.32 Å². The molecule has 0 aliphatic heterocycles. The van der Waals surface area contributed by atoms with Crippen LogP contribution in [0.25, 0.3) is 11.4 Å². The minimum atomic E-state index is -4.56. The molecule has 4 rings (SSSR count). The Hall–Kier alpha value is -3.86. The van der Waals surface area contributed by atoms with Crippen LogP contribution in [0.15, 0.2) is 54.7 Å². The minimum Gasteiger partial charge on any atom is -0.479 e. The van der Waals surface area contributed by atoms with Crippen LogP contribution in [0.3, 0.4) is 0 Å². The number of hydrogen-bond donors (Lipinski definition) is 1. The molecule has 4 aromatic rings. The Kier molecular flexibility index (Phi) is 6.52. The maximum atomic E-state index is 13.6. The lowest BCUT2D eigenvalue weighted by Crippen LogP contribution is -2.30. The van der Waals surface area contributed by atoms with Crippen molar-refractivity contribution in [3.8, 4) is 17.1 Å². The summed E-state index contributed by atoms with van der Waals surface area (Å²) >= 11 is 6.13. The highest BCUT2D eigenvalue weighted by atomic mass is 35.5. The van der Waals surface area contributed by atoms with Crippen LogP contribution in [0.2, 0.25) is 5.02 Å². The number of aromatic nitrogens is 5. The van der Waals surface area contributed by atoms with Gasteiger partial charge in [0.25, 0.3) is 5.91 Å². The molecule has 0 spiro atoms. The maximum Gasteiger partial charge on any atom is 0.417 e. The van der Waals surface area contributed by atoms with Crippen LogP contribution in [0.1, 0.15) is 35.6 Å². The molecule has 8 nitrogen and oxygen atoms in total. The van der Waals surface area contributed by atoms with Crippen molar-refractivity contribution in [1.29, 1.82) is 0 Å². The summed E-state index contributed by atoms with van der Waals surface area (Å²) in [5.41, 5.74) is -1.98. The molecule has 2 aromatic carbocycles. The predicted octanol–water partition coefficient (Wildman–Crippen LogP) is 5.45. The Bertz CT molecular complexity index is 1430. The number of alkyl halides is 3. The van der Waals surface area contributed by atoms with Gasteiger partial charge in [0.1, 0.15) is 5.75 Å². The molecule has 0 atom stereocenters. The molecule has 0 saturated heterocycles. The van der Waals surface area contributed by atoms with Crippen LogP contribution in [-0.4, -0.2) is 30.5 Å². The number of aryl methyl sites for hydroxylation is 1. The monoisotopic (exact) mass is 518 g/mol. The SMILES string of the molecule is Cn1ccc(NC(=O)c2cc(Cl)ccc2OC(C)(C)c2nnc(-c3ccccc3C(F)(F)F)n2C)n1. The summed E-state index contributed by atoms with van der Waals surface area (Å²) in [5, 5.41) is 15.3. The van der Waals surface area contributed by atoms with Gasteiger partial charge in [0.15, 0.2) is 23.1 Å². The van der Waals surface area contributed by atoms with Gasteiger partial charge in [-0.05, 0) is 38.1 Å². The van der Waals surface area contributed by atoms with E-state index in [4.69, 9.17) is 16.3 Å². The van der Waals surface area contributed by atoms with E-state index in [1.807, 2.05) is 0 Å². The fourth-order valence-corrected chi connectivity index (χ4v) is 3.94. The van der Waals surface area contributed by atoms with Gasteiger partial charge in [0.05, 0.1) is 11.1 Å². The van der Waals surface area contributed by atoms with Crippen molar-refractivity contribution in [3.05, 3.63) is 76.7 Å². The third-order valence-electron chi connectivity index (χ3n) is 5.39. The van der Waals surface area contributed by atoms with E-state index in [1.54, 1.807) is 46.3 Å². The topological polar surface area (TPSA) is 86.9 Å². The molecule has 2 aromatic heterocycles. The van der Waals surface area contributed by atoms with Crippen LogP contribution >= 0.6 is 11.6 Å². The lowest BCUT2D eigenvalue weighted by atomic mass is 10.1. The average Bonchev–Trinajstić information content (AvgIpc) is 3.39. The number of hydrogen-bond acceptors (Lipinski definition) is 5. The molecule has 0 aliphatic rings. The summed E-state index contributed by atoms with van der Waals surface area (Å²) in [7, 11) is 3.27. The van der Waals surface area contributed by atoms with E-state index in [0.29, 0.717) is 10.8 Å². The zero-order chi connectivity index (χ0) is 26.3. The van der Waals surface area contributed by atoms with Gasteiger partial charge in [-0.3, -0.25) is 9.48 Å². The van der Waals surface area contributed by atoms with Gasteiger partial charge < -0.3 is 14.6 Å². The highest BCUT2D eigenvalue weighted by molar-refractivity contribution is 6.31. The fourth-order valence-electron chi connectivity index (χ4n) is 3.77. The molecule has 12 heteroatoms. The van der Waals surface area contributed by atoms with E-state index in [0.717, 1.165) is 6.07 Å². The molecule has 1 N–H and O–H groups in total. The van der Waals surface area contributed by atoms with E-state index in [9.17, 15) is 18.0 Å². The van der Waals surface area contributed by atoms with Crippen molar-refractivity contribution in [1.82, 2.24) is 24.5 Å². The van der Waals surface area contributed by atoms with Gasteiger partial charge in [-0.25, -0.2) is 0 Å². The van der Waals surface area contributed by atoms with Crippen molar-refractivity contribution < 1.29 is 22.7 Å². The number of amides is 1. The van der Waals surface area contributed by atoms with E-state index >= 15 is 0 Å². The largest absolute Gasteiger partial charge is 0.479 e. The van der Waals surface area contributed by atoms with Crippen LogP contribution in [0, 0.1) is 0 Å². The number of halogens is 4. The highest BCUT2D eigenvalue weighted by Crippen LogP contribution is 2.38. The first-order valence-electron chi connectivity index (χ1n) is 10.7. The second-order valence-electron chi connectivity index (χ2n) is 8.53. The molecule has 0 bridgehead atoms. The van der Waals surface area contributed by atoms with Crippen molar-refractivity contribution in [2.45, 2.75) is 25.6 Å². The maximum absolute atomic E-state index is 13.6. The average molecular weight is 519 g/mol. The lowest BCUT2D eigenvalue weighted by molar-refractivity contribution is -0.137. The first-order valence-corrected chi connectivity index (χ1v) is 11.1. The third kappa shape index (κ3) is 5.06. The molecule has 0 fully saturated rings. The summed E-state index contributed by atoms with van der Waals surface area (Å²) < 4.78 is 49.9. The zero-order valence-electron chi connectivity index (χ0n) is 19.8. The molecule has 36 heavy (non-hydrogen) atoms. The minimum absolute atomic E-state index is 0.0267. The Labute approximate surface area is 209 Å². The molecule has 0 unspecified atom stereocenters. The number of nitrogens with zero attached hydrogens (tertiary/aromatic N) is 5. The quantitative estimate of drug-likeness (QED) is 0.366. The lowest BCUT2D eigenvalue weighted by Gasteiger charge is -2.27. The van der Waals surface area contributed by atoms with Gasteiger partial charge >= 0.3 is 6.18 Å². The number of nitrogens with one attached hydrogen (secondary N) is 1. The van der Waals surface area contributed by atoms with Gasteiger partial charge in [-0.2, -0.15) is 18.3 Å². The van der Waals surface area contributed by atoms with Crippen molar-refractivity contribution in [3.63, 3.8) is 0 Å². The molecular formula is C24H22ClF3N6O2. The number of anilines is 1. The summed E-state index contributed by atoms with van der Waals surface area (Å²) in [5.74, 6) is 0.311. The zero-order valence-corrected chi connectivity index (χ0v) is 20.5. The van der Waals surface area contributed by atoms with Gasteiger partial charge in [-0.1, -0.05) is 29.8 Å². The van der Waals surface area contributed by atoms with Crippen LogP contribution < -0.4 is 10.1 Å². The molecular weight excluding hydrogens is 497 g/mol. The molecule has 0 saturated carbocycles. The van der Waals surface area contributed by atoms with Crippen molar-refractivity contribution >= 4 is 23.3 Å². The second kappa shape index (κ2) is 9.30. The normalized spacial score (nSPS) is 12.0. The van der Waals surface area contributed by atoms with Crippen LogP contribution in [-0.2, 0) is 25.9 Å². The van der Waals surface area contributed by atoms with E-state index < -0.39 is 23.2 Å². The first-order chi connectivity index (χ1) is 16.9. The van der Waals surface area contributed by atoms with Crippen molar-refractivity contribution in [2.24, 2.45) is 14.1 Å². The first kappa shape index (κ1) is 25.2. The number of carbonyl (C=O) groups excluding carboxylic acids is 1. The molecule has 0 aliphatic carbocycles. The molecule has 2 heterocycles. The van der Waals surface area contributed by atoms with Crippen LogP contribution in [0.5, 0.6) is 5.75 Å². The summed E-state index contributed by atoms with van der Waals surface area (Å²) in [6.07, 6.45) is -2.88.